The summed E-state index contributed by atoms with van der Waals surface area (Å²) in [6, 6.07) is 8.10. The summed E-state index contributed by atoms with van der Waals surface area (Å²) in [5.74, 6) is 2.30. The van der Waals surface area contributed by atoms with Crippen molar-refractivity contribution in [1.29, 1.82) is 0 Å². The van der Waals surface area contributed by atoms with Gasteiger partial charge in [0.05, 0.1) is 0 Å². The molecule has 2 heterocycles. The normalized spacial score (nSPS) is 22.8. The van der Waals surface area contributed by atoms with Gasteiger partial charge in [-0.15, -0.1) is 0 Å². The van der Waals surface area contributed by atoms with Gasteiger partial charge in [0.25, 0.3) is 0 Å². The van der Waals surface area contributed by atoms with Crippen molar-refractivity contribution in [2.75, 3.05) is 13.1 Å². The molecule has 24 heavy (non-hydrogen) atoms. The average Bonchev–Trinajstić information content (AvgIpc) is 3.23. The molecule has 1 aliphatic heterocycles. The number of aryl methyl sites for hydroxylation is 1. The van der Waals surface area contributed by atoms with Gasteiger partial charge >= 0.3 is 0 Å². The van der Waals surface area contributed by atoms with Crippen LogP contribution in [0.5, 0.6) is 0 Å². The second-order valence-corrected chi connectivity index (χ2v) is 7.44. The molecule has 2 atom stereocenters. The molecule has 1 aliphatic carbocycles. The van der Waals surface area contributed by atoms with E-state index in [1.165, 1.54) is 19.3 Å². The van der Waals surface area contributed by atoms with Gasteiger partial charge in [-0.25, -0.2) is 0 Å². The van der Waals surface area contributed by atoms with E-state index in [1.54, 1.807) is 0 Å². The lowest BCUT2D eigenvalue weighted by Crippen LogP contribution is -2.32. The first-order valence-electron chi connectivity index (χ1n) is 8.62. The number of carbonyl (C=O) groups excluding carboxylic acids is 1. The van der Waals surface area contributed by atoms with Crippen molar-refractivity contribution in [2.24, 2.45) is 11.8 Å². The molecule has 1 aromatic carbocycles. The number of amides is 1. The van der Waals surface area contributed by atoms with Crippen LogP contribution in [0.1, 0.15) is 24.8 Å². The van der Waals surface area contributed by atoms with E-state index in [0.717, 1.165) is 30.0 Å². The van der Waals surface area contributed by atoms with Gasteiger partial charge in [-0.3, -0.25) is 14.5 Å². The number of rotatable bonds is 3. The predicted molar refractivity (Wildman–Crippen MR) is 95.0 cm³/mol. The van der Waals surface area contributed by atoms with Crippen LogP contribution < -0.4 is 0 Å². The third-order valence-corrected chi connectivity index (χ3v) is 5.72. The van der Waals surface area contributed by atoms with Crippen molar-refractivity contribution in [1.82, 2.24) is 19.7 Å². The molecule has 0 unspecified atom stereocenters. The lowest BCUT2D eigenvalue weighted by atomic mass is 10.0. The van der Waals surface area contributed by atoms with Gasteiger partial charge in [-0.2, -0.15) is 5.10 Å². The molecule has 1 saturated heterocycles. The topological polar surface area (TPSA) is 53.9 Å². The molecule has 1 saturated carbocycles. The van der Waals surface area contributed by atoms with E-state index in [0.29, 0.717) is 16.6 Å². The summed E-state index contributed by atoms with van der Waals surface area (Å²) in [5, 5.41) is 7.18. The quantitative estimate of drug-likeness (QED) is 0.872. The van der Waals surface area contributed by atoms with E-state index in [1.807, 2.05) is 34.6 Å². The Hall–Kier alpha value is -1.95. The fraction of sp³-hybridized carbons (Fsp3) is 0.500. The first-order chi connectivity index (χ1) is 11.6. The van der Waals surface area contributed by atoms with E-state index in [4.69, 9.17) is 12.2 Å². The molecule has 5 nitrogen and oxygen atoms in total. The molecule has 1 N–H and O–H groups in total. The lowest BCUT2D eigenvalue weighted by Gasteiger charge is -2.18. The van der Waals surface area contributed by atoms with Gasteiger partial charge in [0, 0.05) is 18.7 Å². The SMILES string of the molecule is Cc1cccc(-c2n[nH]c(=S)n2CC(=O)N2C[C@H]3CCC[C@@H]3C2)c1. The van der Waals surface area contributed by atoms with Crippen LogP contribution in [0.15, 0.2) is 24.3 Å². The number of aromatic nitrogens is 3. The number of hydrogen-bond acceptors (Lipinski definition) is 3. The summed E-state index contributed by atoms with van der Waals surface area (Å²) in [5.41, 5.74) is 2.14. The fourth-order valence-corrected chi connectivity index (χ4v) is 4.34. The number of likely N-dealkylation sites (tertiary alicyclic amines) is 1. The van der Waals surface area contributed by atoms with E-state index in [2.05, 4.69) is 16.3 Å². The summed E-state index contributed by atoms with van der Waals surface area (Å²) in [6.07, 6.45) is 3.86. The molecular weight excluding hydrogens is 320 g/mol. The minimum Gasteiger partial charge on any atom is -0.341 e. The monoisotopic (exact) mass is 342 g/mol. The second kappa shape index (κ2) is 6.16. The summed E-state index contributed by atoms with van der Waals surface area (Å²) in [7, 11) is 0. The first-order valence-corrected chi connectivity index (χ1v) is 9.02. The van der Waals surface area contributed by atoms with Crippen molar-refractivity contribution in [3.63, 3.8) is 0 Å². The summed E-state index contributed by atoms with van der Waals surface area (Å²) in [6.45, 7) is 4.13. The van der Waals surface area contributed by atoms with Crippen molar-refractivity contribution in [2.45, 2.75) is 32.7 Å². The predicted octanol–water partition coefficient (Wildman–Crippen LogP) is 3.17. The zero-order chi connectivity index (χ0) is 16.7. The molecule has 1 aromatic heterocycles. The number of hydrogen-bond donors (Lipinski definition) is 1. The molecule has 126 valence electrons. The summed E-state index contributed by atoms with van der Waals surface area (Å²) in [4.78, 5) is 14.8. The van der Waals surface area contributed by atoms with Gasteiger partial charge in [0.1, 0.15) is 6.54 Å². The molecule has 0 spiro atoms. The third-order valence-electron chi connectivity index (χ3n) is 5.41. The molecule has 4 rings (SSSR count). The van der Waals surface area contributed by atoms with Crippen molar-refractivity contribution in [3.05, 3.63) is 34.6 Å². The highest BCUT2D eigenvalue weighted by Gasteiger charge is 2.38. The van der Waals surface area contributed by atoms with E-state index < -0.39 is 0 Å². The van der Waals surface area contributed by atoms with Crippen LogP contribution in [0.25, 0.3) is 11.4 Å². The Morgan fingerprint density at radius 1 is 1.33 bits per heavy atom. The van der Waals surface area contributed by atoms with Crippen LogP contribution >= 0.6 is 12.2 Å². The highest BCUT2D eigenvalue weighted by molar-refractivity contribution is 7.71. The molecule has 2 aliphatic rings. The molecular formula is C18H22N4OS. The largest absolute Gasteiger partial charge is 0.341 e. The Kier molecular flexibility index (Phi) is 4.00. The number of carbonyl (C=O) groups is 1. The van der Waals surface area contributed by atoms with Crippen LogP contribution in [0.3, 0.4) is 0 Å². The zero-order valence-corrected chi connectivity index (χ0v) is 14.7. The van der Waals surface area contributed by atoms with Crippen LogP contribution in [-0.2, 0) is 11.3 Å². The van der Waals surface area contributed by atoms with E-state index >= 15 is 0 Å². The lowest BCUT2D eigenvalue weighted by molar-refractivity contribution is -0.131. The highest BCUT2D eigenvalue weighted by atomic mass is 32.1. The number of benzene rings is 1. The number of fused-ring (bicyclic) bond motifs is 1. The Morgan fingerprint density at radius 2 is 2.08 bits per heavy atom. The maximum absolute atomic E-state index is 12.8. The smallest absolute Gasteiger partial charge is 0.242 e. The Morgan fingerprint density at radius 3 is 2.79 bits per heavy atom. The van der Waals surface area contributed by atoms with Gasteiger partial charge in [-0.05, 0) is 49.9 Å². The maximum atomic E-state index is 12.8. The number of aromatic amines is 1. The minimum absolute atomic E-state index is 0.149. The van der Waals surface area contributed by atoms with Crippen LogP contribution in [0.4, 0.5) is 0 Å². The number of H-pyrrole nitrogens is 1. The molecule has 6 heteroatoms. The van der Waals surface area contributed by atoms with Gasteiger partial charge < -0.3 is 4.90 Å². The average molecular weight is 342 g/mol. The van der Waals surface area contributed by atoms with E-state index in [9.17, 15) is 4.79 Å². The third kappa shape index (κ3) is 2.79. The fourth-order valence-electron chi connectivity index (χ4n) is 4.14. The van der Waals surface area contributed by atoms with Crippen molar-refractivity contribution in [3.8, 4) is 11.4 Å². The van der Waals surface area contributed by atoms with Gasteiger partial charge in [0.2, 0.25) is 5.91 Å². The Balaban J connectivity index is 1.56. The second-order valence-electron chi connectivity index (χ2n) is 7.06. The molecule has 1 amide bonds. The van der Waals surface area contributed by atoms with Crippen LogP contribution in [0, 0.1) is 23.5 Å². The van der Waals surface area contributed by atoms with Crippen LogP contribution in [-0.4, -0.2) is 38.7 Å². The Labute approximate surface area is 146 Å². The standard InChI is InChI=1S/C18H22N4OS/c1-12-4-2-5-13(8-12)17-19-20-18(24)22(17)11-16(23)21-9-14-6-3-7-15(14)10-21/h2,4-5,8,14-15H,3,6-7,9-11H2,1H3,(H,20,24)/t14-,15-/m1/s1. The van der Waals surface area contributed by atoms with Crippen molar-refractivity contribution >= 4 is 18.1 Å². The Bertz CT molecular complexity index is 812. The number of nitrogens with one attached hydrogen (secondary N) is 1. The molecule has 0 radical (unpaired) electrons. The van der Waals surface area contributed by atoms with E-state index in [-0.39, 0.29) is 12.5 Å². The summed E-state index contributed by atoms with van der Waals surface area (Å²) >= 11 is 5.35. The maximum Gasteiger partial charge on any atom is 0.242 e. The molecule has 2 aromatic rings. The zero-order valence-electron chi connectivity index (χ0n) is 13.9. The molecule has 2 fully saturated rings. The summed E-state index contributed by atoms with van der Waals surface area (Å²) < 4.78 is 2.32. The van der Waals surface area contributed by atoms with Crippen molar-refractivity contribution < 1.29 is 4.79 Å². The van der Waals surface area contributed by atoms with Gasteiger partial charge in [-0.1, -0.05) is 30.2 Å². The number of nitrogens with zero attached hydrogens (tertiary/aromatic N) is 3. The molecule has 0 bridgehead atoms. The first kappa shape index (κ1) is 15.6. The highest BCUT2D eigenvalue weighted by Crippen LogP contribution is 2.37. The van der Waals surface area contributed by atoms with Crippen LogP contribution in [0.2, 0.25) is 0 Å². The minimum atomic E-state index is 0.149. The van der Waals surface area contributed by atoms with Gasteiger partial charge in [0.15, 0.2) is 10.6 Å².